The maximum Gasteiger partial charge on any atom is 0.137 e. The van der Waals surface area contributed by atoms with Crippen LogP contribution in [0.25, 0.3) is 10.9 Å². The summed E-state index contributed by atoms with van der Waals surface area (Å²) in [6, 6.07) is 2.14. The number of fused-ring (bicyclic) bond motifs is 1. The third kappa shape index (κ3) is 1.84. The number of pyridine rings is 1. The molecule has 0 aliphatic heterocycles. The quantitative estimate of drug-likeness (QED) is 0.864. The van der Waals surface area contributed by atoms with Gasteiger partial charge in [0.1, 0.15) is 11.6 Å². The van der Waals surface area contributed by atoms with Gasteiger partial charge in [0.05, 0.1) is 16.6 Å². The zero-order valence-corrected chi connectivity index (χ0v) is 10.1. The van der Waals surface area contributed by atoms with Crippen molar-refractivity contribution in [3.8, 4) is 0 Å². The minimum atomic E-state index is -0.604. The van der Waals surface area contributed by atoms with Crippen LogP contribution in [-0.2, 0) is 6.42 Å². The molecule has 90 valence electrons. The number of hydrogen-bond donors (Lipinski definition) is 1. The first-order valence-corrected chi connectivity index (χ1v) is 5.54. The van der Waals surface area contributed by atoms with E-state index >= 15 is 0 Å². The lowest BCUT2D eigenvalue weighted by atomic mass is 10.0. The summed E-state index contributed by atoms with van der Waals surface area (Å²) in [5, 5.41) is 3.35. The highest BCUT2D eigenvalue weighted by molar-refractivity contribution is 5.94. The summed E-state index contributed by atoms with van der Waals surface area (Å²) in [5.74, 6) is -1.18. The van der Waals surface area contributed by atoms with Gasteiger partial charge in [-0.1, -0.05) is 6.92 Å². The summed E-state index contributed by atoms with van der Waals surface area (Å²) < 4.78 is 27.0. The molecule has 0 atom stereocenters. The van der Waals surface area contributed by atoms with Gasteiger partial charge in [-0.2, -0.15) is 0 Å². The van der Waals surface area contributed by atoms with Crippen LogP contribution in [0.5, 0.6) is 0 Å². The molecule has 1 aromatic heterocycles. The lowest BCUT2D eigenvalue weighted by Gasteiger charge is -2.14. The molecule has 0 saturated heterocycles. The Kier molecular flexibility index (Phi) is 2.96. The van der Waals surface area contributed by atoms with Gasteiger partial charge in [-0.25, -0.2) is 8.78 Å². The monoisotopic (exact) mass is 236 g/mol. The Bertz CT molecular complexity index is 579. The number of anilines is 1. The lowest BCUT2D eigenvalue weighted by molar-refractivity contribution is 0.591. The predicted octanol–water partition coefficient (Wildman–Crippen LogP) is 3.43. The number of benzene rings is 1. The summed E-state index contributed by atoms with van der Waals surface area (Å²) in [6.45, 7) is 3.83. The standard InChI is InChI=1S/C13H14F2N2/c1-4-9-7(2)17-11-6-8(14)5-10(15)12(11)13(9)16-3/h5-6H,4H2,1-3H3,(H,16,17). The lowest BCUT2D eigenvalue weighted by Crippen LogP contribution is -2.03. The van der Waals surface area contributed by atoms with Crippen LogP contribution in [0.1, 0.15) is 18.2 Å². The van der Waals surface area contributed by atoms with Crippen LogP contribution < -0.4 is 5.32 Å². The summed E-state index contributed by atoms with van der Waals surface area (Å²) in [6.07, 6.45) is 0.752. The molecule has 0 bridgehead atoms. The zero-order valence-electron chi connectivity index (χ0n) is 10.1. The number of halogens is 2. The first-order chi connectivity index (χ1) is 8.08. The van der Waals surface area contributed by atoms with E-state index in [9.17, 15) is 8.78 Å². The van der Waals surface area contributed by atoms with Crippen molar-refractivity contribution in [1.29, 1.82) is 0 Å². The normalized spacial score (nSPS) is 10.9. The Morgan fingerprint density at radius 1 is 1.29 bits per heavy atom. The SMILES string of the molecule is CCc1c(C)nc2cc(F)cc(F)c2c1NC. The van der Waals surface area contributed by atoms with E-state index in [-0.39, 0.29) is 0 Å². The van der Waals surface area contributed by atoms with Gasteiger partial charge in [0, 0.05) is 24.9 Å². The molecule has 0 fully saturated rings. The van der Waals surface area contributed by atoms with E-state index in [4.69, 9.17) is 0 Å². The van der Waals surface area contributed by atoms with Crippen LogP contribution in [0.4, 0.5) is 14.5 Å². The Labute approximate surface area is 98.7 Å². The molecule has 2 nitrogen and oxygen atoms in total. The number of rotatable bonds is 2. The summed E-state index contributed by atoms with van der Waals surface area (Å²) in [5.41, 5.74) is 2.81. The molecule has 17 heavy (non-hydrogen) atoms. The molecule has 0 radical (unpaired) electrons. The fourth-order valence-corrected chi connectivity index (χ4v) is 2.18. The van der Waals surface area contributed by atoms with E-state index < -0.39 is 11.6 Å². The molecule has 0 unspecified atom stereocenters. The summed E-state index contributed by atoms with van der Waals surface area (Å²) in [7, 11) is 1.73. The van der Waals surface area contributed by atoms with Gasteiger partial charge in [0.25, 0.3) is 0 Å². The Morgan fingerprint density at radius 3 is 2.59 bits per heavy atom. The van der Waals surface area contributed by atoms with E-state index in [0.717, 1.165) is 23.7 Å². The number of hydrogen-bond acceptors (Lipinski definition) is 2. The van der Waals surface area contributed by atoms with E-state index in [1.54, 1.807) is 7.05 Å². The second kappa shape index (κ2) is 4.28. The van der Waals surface area contributed by atoms with Gasteiger partial charge in [-0.3, -0.25) is 4.98 Å². The van der Waals surface area contributed by atoms with E-state index in [1.165, 1.54) is 6.07 Å². The average Bonchev–Trinajstić information content (AvgIpc) is 2.26. The molecule has 2 rings (SSSR count). The zero-order chi connectivity index (χ0) is 12.6. The largest absolute Gasteiger partial charge is 0.387 e. The van der Waals surface area contributed by atoms with Gasteiger partial charge in [0.2, 0.25) is 0 Å². The first-order valence-electron chi connectivity index (χ1n) is 5.54. The van der Waals surface area contributed by atoms with E-state index in [2.05, 4.69) is 10.3 Å². The van der Waals surface area contributed by atoms with Crippen molar-refractivity contribution in [2.45, 2.75) is 20.3 Å². The topological polar surface area (TPSA) is 24.9 Å². The van der Waals surface area contributed by atoms with Crippen molar-refractivity contribution in [3.63, 3.8) is 0 Å². The molecular formula is C13H14F2N2. The Hall–Kier alpha value is -1.71. The summed E-state index contributed by atoms with van der Waals surface area (Å²) in [4.78, 5) is 4.26. The second-order valence-electron chi connectivity index (χ2n) is 3.94. The molecule has 4 heteroatoms. The van der Waals surface area contributed by atoms with Crippen LogP contribution in [0, 0.1) is 18.6 Å². The third-order valence-electron chi connectivity index (χ3n) is 2.91. The number of nitrogens with zero attached hydrogens (tertiary/aromatic N) is 1. The van der Waals surface area contributed by atoms with Crippen LogP contribution in [0.2, 0.25) is 0 Å². The van der Waals surface area contributed by atoms with Crippen LogP contribution in [-0.4, -0.2) is 12.0 Å². The molecular weight excluding hydrogens is 222 g/mol. The molecule has 2 aromatic rings. The highest BCUT2D eigenvalue weighted by Crippen LogP contribution is 2.31. The highest BCUT2D eigenvalue weighted by Gasteiger charge is 2.14. The summed E-state index contributed by atoms with van der Waals surface area (Å²) >= 11 is 0. The molecule has 0 aliphatic rings. The fraction of sp³-hybridized carbons (Fsp3) is 0.308. The van der Waals surface area contributed by atoms with Crippen molar-refractivity contribution in [1.82, 2.24) is 4.98 Å². The maximum absolute atomic E-state index is 13.8. The number of aryl methyl sites for hydroxylation is 1. The second-order valence-corrected chi connectivity index (χ2v) is 3.94. The van der Waals surface area contributed by atoms with Crippen LogP contribution in [0.15, 0.2) is 12.1 Å². The van der Waals surface area contributed by atoms with Crippen LogP contribution >= 0.6 is 0 Å². The minimum absolute atomic E-state index is 0.349. The molecule has 0 spiro atoms. The van der Waals surface area contributed by atoms with E-state index in [1.807, 2.05) is 13.8 Å². The van der Waals surface area contributed by atoms with Crippen molar-refractivity contribution in [2.24, 2.45) is 0 Å². The van der Waals surface area contributed by atoms with Crippen molar-refractivity contribution in [3.05, 3.63) is 35.0 Å². The van der Waals surface area contributed by atoms with Crippen molar-refractivity contribution >= 4 is 16.6 Å². The van der Waals surface area contributed by atoms with Gasteiger partial charge in [0.15, 0.2) is 0 Å². The minimum Gasteiger partial charge on any atom is -0.387 e. The molecule has 1 N–H and O–H groups in total. The van der Waals surface area contributed by atoms with Gasteiger partial charge in [-0.15, -0.1) is 0 Å². The van der Waals surface area contributed by atoms with Crippen LogP contribution in [0.3, 0.4) is 0 Å². The molecule has 0 amide bonds. The van der Waals surface area contributed by atoms with Gasteiger partial charge < -0.3 is 5.32 Å². The molecule has 1 heterocycles. The smallest absolute Gasteiger partial charge is 0.137 e. The Balaban J connectivity index is 2.94. The first kappa shape index (κ1) is 11.8. The number of aromatic nitrogens is 1. The molecule has 1 aromatic carbocycles. The Morgan fingerprint density at radius 2 is 2.00 bits per heavy atom. The third-order valence-corrected chi connectivity index (χ3v) is 2.91. The van der Waals surface area contributed by atoms with Gasteiger partial charge >= 0.3 is 0 Å². The fourth-order valence-electron chi connectivity index (χ4n) is 2.18. The maximum atomic E-state index is 13.8. The predicted molar refractivity (Wildman–Crippen MR) is 65.3 cm³/mol. The average molecular weight is 236 g/mol. The van der Waals surface area contributed by atoms with Crippen molar-refractivity contribution < 1.29 is 8.78 Å². The van der Waals surface area contributed by atoms with Crippen molar-refractivity contribution in [2.75, 3.05) is 12.4 Å². The molecule has 0 aliphatic carbocycles. The number of nitrogens with one attached hydrogen (secondary N) is 1. The highest BCUT2D eigenvalue weighted by atomic mass is 19.1. The van der Waals surface area contributed by atoms with Gasteiger partial charge in [-0.05, 0) is 18.9 Å². The molecule has 0 saturated carbocycles. The van der Waals surface area contributed by atoms with E-state index in [0.29, 0.717) is 16.6 Å².